The Morgan fingerprint density at radius 1 is 0.903 bits per heavy atom. The molecular formula is C22H14ClN5O2S. The Morgan fingerprint density at radius 2 is 1.68 bits per heavy atom. The molecule has 2 aromatic carbocycles. The summed E-state index contributed by atoms with van der Waals surface area (Å²) in [6.45, 7) is 0. The molecule has 0 saturated carbocycles. The predicted molar refractivity (Wildman–Crippen MR) is 117 cm³/mol. The molecule has 5 aromatic rings. The lowest BCUT2D eigenvalue weighted by atomic mass is 10.1. The molecule has 0 saturated heterocycles. The van der Waals surface area contributed by atoms with Gasteiger partial charge in [-0.25, -0.2) is 9.67 Å². The minimum absolute atomic E-state index is 0.101. The quantitative estimate of drug-likeness (QED) is 0.380. The second-order valence-corrected chi connectivity index (χ2v) is 8.10. The zero-order valence-corrected chi connectivity index (χ0v) is 17.5. The van der Waals surface area contributed by atoms with Gasteiger partial charge >= 0.3 is 0 Å². The van der Waals surface area contributed by atoms with Gasteiger partial charge in [0.05, 0.1) is 11.1 Å². The van der Waals surface area contributed by atoms with Gasteiger partial charge in [0, 0.05) is 27.2 Å². The van der Waals surface area contributed by atoms with Crippen LogP contribution in [-0.4, -0.2) is 30.0 Å². The third-order valence-electron chi connectivity index (χ3n) is 4.47. The molecule has 5 rings (SSSR count). The topological polar surface area (TPSA) is 89.9 Å². The normalized spacial score (nSPS) is 11.0. The minimum atomic E-state index is 0.101. The summed E-state index contributed by atoms with van der Waals surface area (Å²) in [4.78, 5) is 10.3. The Hall–Kier alpha value is -3.62. The van der Waals surface area contributed by atoms with Crippen LogP contribution in [0.5, 0.6) is 5.75 Å². The van der Waals surface area contributed by atoms with Crippen LogP contribution in [-0.2, 0) is 0 Å². The molecule has 0 unspecified atom stereocenters. The molecule has 0 amide bonds. The Kier molecular flexibility index (Phi) is 5.15. The van der Waals surface area contributed by atoms with Gasteiger partial charge in [0.15, 0.2) is 5.82 Å². The number of rotatable bonds is 5. The monoisotopic (exact) mass is 447 g/mol. The van der Waals surface area contributed by atoms with Crippen LogP contribution in [0, 0.1) is 0 Å². The average Bonchev–Trinajstić information content (AvgIpc) is 3.47. The van der Waals surface area contributed by atoms with E-state index in [-0.39, 0.29) is 5.75 Å². The summed E-state index contributed by atoms with van der Waals surface area (Å²) in [6, 6.07) is 18.7. The molecule has 0 fully saturated rings. The number of aromatic nitrogens is 5. The molecule has 3 aromatic heterocycles. The SMILES string of the molecule is Oc1ccc(-n2cc(Sc3ccc(Cl)cc3)c(-c3ccc(-c4ncon4)cc3)n2)nc1. The first-order valence-corrected chi connectivity index (χ1v) is 10.4. The summed E-state index contributed by atoms with van der Waals surface area (Å²) in [5.41, 5.74) is 2.58. The van der Waals surface area contributed by atoms with Gasteiger partial charge in [-0.15, -0.1) is 0 Å². The maximum atomic E-state index is 9.54. The van der Waals surface area contributed by atoms with Crippen molar-refractivity contribution in [2.45, 2.75) is 9.79 Å². The van der Waals surface area contributed by atoms with Gasteiger partial charge < -0.3 is 9.63 Å². The van der Waals surface area contributed by atoms with E-state index < -0.39 is 0 Å². The fraction of sp³-hybridized carbons (Fsp3) is 0. The van der Waals surface area contributed by atoms with Crippen molar-refractivity contribution in [1.82, 2.24) is 24.9 Å². The molecule has 0 spiro atoms. The lowest BCUT2D eigenvalue weighted by Gasteiger charge is -2.04. The standard InChI is InChI=1S/C22H14ClN5O2S/c23-16-5-8-18(9-6-16)31-19-12-28(20-10-7-17(29)11-24-20)26-21(19)14-1-3-15(4-2-14)22-25-13-30-27-22/h1-13,29H. The maximum Gasteiger partial charge on any atom is 0.214 e. The fourth-order valence-corrected chi connectivity index (χ4v) is 4.03. The number of benzene rings is 2. The molecule has 0 aliphatic carbocycles. The first kappa shape index (κ1) is 19.3. The van der Waals surface area contributed by atoms with Crippen molar-refractivity contribution in [2.75, 3.05) is 0 Å². The van der Waals surface area contributed by atoms with Crippen LogP contribution in [0.1, 0.15) is 0 Å². The van der Waals surface area contributed by atoms with Crippen molar-refractivity contribution >= 4 is 23.4 Å². The highest BCUT2D eigenvalue weighted by molar-refractivity contribution is 7.99. The van der Waals surface area contributed by atoms with E-state index in [1.54, 1.807) is 28.6 Å². The lowest BCUT2D eigenvalue weighted by Crippen LogP contribution is -1.97. The van der Waals surface area contributed by atoms with Gasteiger partial charge in [0.25, 0.3) is 0 Å². The van der Waals surface area contributed by atoms with Crippen molar-refractivity contribution in [3.05, 3.63) is 84.5 Å². The van der Waals surface area contributed by atoms with Crippen LogP contribution in [0.15, 0.2) is 93.8 Å². The second-order valence-electron chi connectivity index (χ2n) is 6.55. The molecule has 0 aliphatic rings. The van der Waals surface area contributed by atoms with Gasteiger partial charge in [-0.05, 0) is 36.4 Å². The van der Waals surface area contributed by atoms with Crippen LogP contribution in [0.3, 0.4) is 0 Å². The van der Waals surface area contributed by atoms with Gasteiger partial charge in [0.2, 0.25) is 12.2 Å². The minimum Gasteiger partial charge on any atom is -0.506 e. The van der Waals surface area contributed by atoms with Crippen LogP contribution >= 0.6 is 23.4 Å². The average molecular weight is 448 g/mol. The first-order valence-electron chi connectivity index (χ1n) is 9.21. The molecular weight excluding hydrogens is 434 g/mol. The summed E-state index contributed by atoms with van der Waals surface area (Å²) < 4.78 is 6.52. The highest BCUT2D eigenvalue weighted by Gasteiger charge is 2.15. The summed E-state index contributed by atoms with van der Waals surface area (Å²) in [6.07, 6.45) is 4.61. The van der Waals surface area contributed by atoms with E-state index in [1.165, 1.54) is 12.6 Å². The third-order valence-corrected chi connectivity index (χ3v) is 5.75. The van der Waals surface area contributed by atoms with Crippen LogP contribution < -0.4 is 0 Å². The number of hydrogen-bond donors (Lipinski definition) is 1. The van der Waals surface area contributed by atoms with Crippen LogP contribution in [0.2, 0.25) is 5.02 Å². The Bertz CT molecular complexity index is 1300. The molecule has 0 radical (unpaired) electrons. The van der Waals surface area contributed by atoms with E-state index in [9.17, 15) is 5.11 Å². The van der Waals surface area contributed by atoms with E-state index in [1.807, 2.05) is 54.7 Å². The van der Waals surface area contributed by atoms with Crippen molar-refractivity contribution in [3.8, 4) is 34.2 Å². The molecule has 152 valence electrons. The van der Waals surface area contributed by atoms with E-state index in [0.717, 1.165) is 26.6 Å². The predicted octanol–water partition coefficient (Wildman–Crippen LogP) is 5.49. The van der Waals surface area contributed by atoms with Crippen LogP contribution in [0.4, 0.5) is 0 Å². The molecule has 0 aliphatic heterocycles. The van der Waals surface area contributed by atoms with E-state index in [0.29, 0.717) is 16.7 Å². The zero-order valence-electron chi connectivity index (χ0n) is 15.9. The molecule has 7 nitrogen and oxygen atoms in total. The maximum absolute atomic E-state index is 9.54. The number of aromatic hydroxyl groups is 1. The third kappa shape index (κ3) is 4.16. The second kappa shape index (κ2) is 8.25. The summed E-state index contributed by atoms with van der Waals surface area (Å²) in [5, 5.41) is 18.9. The Labute approximate surface area is 186 Å². The van der Waals surface area contributed by atoms with Gasteiger partial charge in [-0.1, -0.05) is 52.8 Å². The fourth-order valence-electron chi connectivity index (χ4n) is 2.97. The van der Waals surface area contributed by atoms with Gasteiger partial charge in [-0.2, -0.15) is 10.1 Å². The number of halogens is 1. The molecule has 9 heteroatoms. The van der Waals surface area contributed by atoms with Gasteiger partial charge in [0.1, 0.15) is 11.4 Å². The highest BCUT2D eigenvalue weighted by Crippen LogP contribution is 2.36. The van der Waals surface area contributed by atoms with E-state index >= 15 is 0 Å². The highest BCUT2D eigenvalue weighted by atomic mass is 35.5. The van der Waals surface area contributed by atoms with Crippen molar-refractivity contribution < 1.29 is 9.63 Å². The van der Waals surface area contributed by atoms with E-state index in [2.05, 4.69) is 15.1 Å². The molecule has 31 heavy (non-hydrogen) atoms. The van der Waals surface area contributed by atoms with Crippen molar-refractivity contribution in [3.63, 3.8) is 0 Å². The molecule has 0 bridgehead atoms. The lowest BCUT2D eigenvalue weighted by molar-refractivity contribution is 0.419. The first-order chi connectivity index (χ1) is 15.2. The van der Waals surface area contributed by atoms with Crippen LogP contribution in [0.25, 0.3) is 28.5 Å². The number of hydrogen-bond acceptors (Lipinski definition) is 7. The smallest absolute Gasteiger partial charge is 0.214 e. The molecule has 3 heterocycles. The Morgan fingerprint density at radius 3 is 2.35 bits per heavy atom. The number of pyridine rings is 1. The van der Waals surface area contributed by atoms with E-state index in [4.69, 9.17) is 21.2 Å². The summed E-state index contributed by atoms with van der Waals surface area (Å²) in [5.74, 6) is 1.23. The van der Waals surface area contributed by atoms with Crippen molar-refractivity contribution in [1.29, 1.82) is 0 Å². The summed E-state index contributed by atoms with van der Waals surface area (Å²) >= 11 is 7.60. The molecule has 1 N–H and O–H groups in total. The Balaban J connectivity index is 1.55. The number of nitrogens with zero attached hydrogens (tertiary/aromatic N) is 5. The molecule has 0 atom stereocenters. The largest absolute Gasteiger partial charge is 0.506 e. The summed E-state index contributed by atoms with van der Waals surface area (Å²) in [7, 11) is 0. The zero-order chi connectivity index (χ0) is 21.2. The van der Waals surface area contributed by atoms with Gasteiger partial charge in [-0.3, -0.25) is 0 Å². The van der Waals surface area contributed by atoms with Crippen molar-refractivity contribution in [2.24, 2.45) is 0 Å².